The number of hydrogen-bond donors (Lipinski definition) is 3. The highest BCUT2D eigenvalue weighted by atomic mass is 16.5. The Kier molecular flexibility index (Phi) is 5.81. The molecule has 1 amide bonds. The van der Waals surface area contributed by atoms with Gasteiger partial charge < -0.3 is 20.5 Å². The van der Waals surface area contributed by atoms with Crippen molar-refractivity contribution in [1.29, 1.82) is 0 Å². The van der Waals surface area contributed by atoms with Crippen LogP contribution in [0.1, 0.15) is 23.7 Å². The first-order valence-corrected chi connectivity index (χ1v) is 6.00. The molecular weight excluding hydrogens is 248 g/mol. The fourth-order valence-electron chi connectivity index (χ4n) is 1.55. The zero-order valence-electron chi connectivity index (χ0n) is 11.0. The molecule has 0 atom stereocenters. The van der Waals surface area contributed by atoms with Crippen molar-refractivity contribution < 1.29 is 19.4 Å². The third-order valence-corrected chi connectivity index (χ3v) is 2.49. The molecule has 1 aromatic rings. The molecule has 0 radical (unpaired) electrons. The number of hydrogen-bond acceptors (Lipinski definition) is 4. The molecule has 0 unspecified atom stereocenters. The maximum Gasteiger partial charge on any atom is 0.339 e. The summed E-state index contributed by atoms with van der Waals surface area (Å²) in [6.07, 6.45) is 0.358. The highest BCUT2D eigenvalue weighted by Gasteiger charge is 2.12. The smallest absolute Gasteiger partial charge is 0.339 e. The van der Waals surface area contributed by atoms with Crippen molar-refractivity contribution >= 4 is 17.6 Å². The first kappa shape index (κ1) is 15.0. The molecule has 0 aliphatic rings. The Morgan fingerprint density at radius 2 is 2.11 bits per heavy atom. The van der Waals surface area contributed by atoms with Gasteiger partial charge in [0.1, 0.15) is 11.3 Å². The average Bonchev–Trinajstić information content (AvgIpc) is 2.38. The zero-order chi connectivity index (χ0) is 14.3. The highest BCUT2D eigenvalue weighted by Crippen LogP contribution is 2.23. The van der Waals surface area contributed by atoms with E-state index >= 15 is 0 Å². The molecule has 1 aromatic carbocycles. The van der Waals surface area contributed by atoms with E-state index < -0.39 is 5.97 Å². The summed E-state index contributed by atoms with van der Waals surface area (Å²) in [7, 11) is 1.39. The number of aromatic carboxylic acids is 1. The van der Waals surface area contributed by atoms with Gasteiger partial charge in [0, 0.05) is 24.7 Å². The molecule has 0 aromatic heterocycles. The number of nitrogens with one attached hydrogen (secondary N) is 2. The highest BCUT2D eigenvalue weighted by molar-refractivity contribution is 5.94. The molecule has 0 saturated carbocycles. The first-order valence-electron chi connectivity index (χ1n) is 6.00. The maximum absolute atomic E-state index is 11.6. The largest absolute Gasteiger partial charge is 0.496 e. The number of carboxylic acid groups (broad SMARTS) is 1. The van der Waals surface area contributed by atoms with E-state index in [1.165, 1.54) is 25.3 Å². The molecular formula is C13H18N2O4. The number of methoxy groups -OCH3 is 1. The number of anilines is 1. The minimum Gasteiger partial charge on any atom is -0.496 e. The SMILES string of the molecule is CCNCCC(=O)Nc1ccc(C(=O)O)c(OC)c1. The third-order valence-electron chi connectivity index (χ3n) is 2.49. The van der Waals surface area contributed by atoms with E-state index in [9.17, 15) is 9.59 Å². The lowest BCUT2D eigenvalue weighted by atomic mass is 10.2. The van der Waals surface area contributed by atoms with Gasteiger partial charge in [0.25, 0.3) is 0 Å². The second-order valence-electron chi connectivity index (χ2n) is 3.87. The molecule has 6 nitrogen and oxygen atoms in total. The van der Waals surface area contributed by atoms with Crippen molar-refractivity contribution in [2.45, 2.75) is 13.3 Å². The van der Waals surface area contributed by atoms with Crippen LogP contribution in [0.15, 0.2) is 18.2 Å². The predicted molar refractivity (Wildman–Crippen MR) is 71.7 cm³/mol. The fraction of sp³-hybridized carbons (Fsp3) is 0.385. The van der Waals surface area contributed by atoms with Gasteiger partial charge >= 0.3 is 5.97 Å². The quantitative estimate of drug-likeness (QED) is 0.648. The Labute approximate surface area is 111 Å². The van der Waals surface area contributed by atoms with Crippen LogP contribution in [0, 0.1) is 0 Å². The summed E-state index contributed by atoms with van der Waals surface area (Å²) in [6, 6.07) is 4.44. The Bertz CT molecular complexity index is 460. The van der Waals surface area contributed by atoms with E-state index in [1.807, 2.05) is 6.92 Å². The van der Waals surface area contributed by atoms with Gasteiger partial charge in [-0.05, 0) is 18.7 Å². The van der Waals surface area contributed by atoms with E-state index in [2.05, 4.69) is 10.6 Å². The van der Waals surface area contributed by atoms with Crippen molar-refractivity contribution in [3.63, 3.8) is 0 Å². The zero-order valence-corrected chi connectivity index (χ0v) is 11.0. The Hall–Kier alpha value is -2.08. The molecule has 0 bridgehead atoms. The number of carbonyl (C=O) groups excluding carboxylic acids is 1. The third kappa shape index (κ3) is 4.59. The lowest BCUT2D eigenvalue weighted by molar-refractivity contribution is -0.116. The maximum atomic E-state index is 11.6. The van der Waals surface area contributed by atoms with Crippen molar-refractivity contribution in [3.05, 3.63) is 23.8 Å². The van der Waals surface area contributed by atoms with Crippen LogP contribution in [0.4, 0.5) is 5.69 Å². The second-order valence-corrected chi connectivity index (χ2v) is 3.87. The summed E-state index contributed by atoms with van der Waals surface area (Å²) in [4.78, 5) is 22.5. The van der Waals surface area contributed by atoms with Gasteiger partial charge in [-0.15, -0.1) is 0 Å². The van der Waals surface area contributed by atoms with Gasteiger partial charge in [0.15, 0.2) is 0 Å². The number of carbonyl (C=O) groups is 2. The van der Waals surface area contributed by atoms with E-state index in [4.69, 9.17) is 9.84 Å². The van der Waals surface area contributed by atoms with Gasteiger partial charge in [-0.25, -0.2) is 4.79 Å². The molecule has 6 heteroatoms. The van der Waals surface area contributed by atoms with Gasteiger partial charge in [-0.3, -0.25) is 4.79 Å². The van der Waals surface area contributed by atoms with Crippen LogP contribution >= 0.6 is 0 Å². The van der Waals surface area contributed by atoms with Crippen molar-refractivity contribution in [3.8, 4) is 5.75 Å². The fourth-order valence-corrected chi connectivity index (χ4v) is 1.55. The molecule has 104 valence electrons. The Balaban J connectivity index is 2.69. The second kappa shape index (κ2) is 7.38. The standard InChI is InChI=1S/C13H18N2O4/c1-3-14-7-6-12(16)15-9-4-5-10(13(17)18)11(8-9)19-2/h4-5,8,14H,3,6-7H2,1-2H3,(H,15,16)(H,17,18). The molecule has 1 rings (SSSR count). The van der Waals surface area contributed by atoms with Crippen molar-refractivity contribution in [2.75, 3.05) is 25.5 Å². The summed E-state index contributed by atoms with van der Waals surface area (Å²) in [5.74, 6) is -0.982. The lowest BCUT2D eigenvalue weighted by Crippen LogP contribution is -2.21. The molecule has 0 saturated heterocycles. The molecule has 0 fully saturated rings. The first-order chi connectivity index (χ1) is 9.08. The monoisotopic (exact) mass is 266 g/mol. The van der Waals surface area contributed by atoms with Crippen LogP contribution < -0.4 is 15.4 Å². The Morgan fingerprint density at radius 1 is 1.37 bits per heavy atom. The normalized spacial score (nSPS) is 10.0. The number of amides is 1. The molecule has 3 N–H and O–H groups in total. The summed E-state index contributed by atoms with van der Waals surface area (Å²) < 4.78 is 4.98. The summed E-state index contributed by atoms with van der Waals surface area (Å²) in [5, 5.41) is 14.7. The molecule has 0 heterocycles. The Morgan fingerprint density at radius 3 is 2.68 bits per heavy atom. The van der Waals surface area contributed by atoms with E-state index in [-0.39, 0.29) is 17.2 Å². The topological polar surface area (TPSA) is 87.7 Å². The van der Waals surface area contributed by atoms with Crippen LogP contribution in [-0.4, -0.2) is 37.2 Å². The van der Waals surface area contributed by atoms with Crippen LogP contribution in [0.25, 0.3) is 0 Å². The van der Waals surface area contributed by atoms with Gasteiger partial charge in [-0.2, -0.15) is 0 Å². The van der Waals surface area contributed by atoms with E-state index in [1.54, 1.807) is 0 Å². The van der Waals surface area contributed by atoms with Gasteiger partial charge in [0.2, 0.25) is 5.91 Å². The molecule has 0 aliphatic carbocycles. The van der Waals surface area contributed by atoms with Crippen molar-refractivity contribution in [1.82, 2.24) is 5.32 Å². The molecule has 0 aliphatic heterocycles. The van der Waals surface area contributed by atoms with E-state index in [0.29, 0.717) is 18.7 Å². The minimum atomic E-state index is -1.07. The predicted octanol–water partition coefficient (Wildman–Crippen LogP) is 1.33. The van der Waals surface area contributed by atoms with Crippen molar-refractivity contribution in [2.24, 2.45) is 0 Å². The molecule has 19 heavy (non-hydrogen) atoms. The summed E-state index contributed by atoms with van der Waals surface area (Å²) in [5.41, 5.74) is 0.580. The van der Waals surface area contributed by atoms with Crippen LogP contribution in [0.2, 0.25) is 0 Å². The number of carboxylic acids is 1. The van der Waals surface area contributed by atoms with Gasteiger partial charge in [-0.1, -0.05) is 6.92 Å². The average molecular weight is 266 g/mol. The van der Waals surface area contributed by atoms with Crippen LogP contribution in [0.5, 0.6) is 5.75 Å². The summed E-state index contributed by atoms with van der Waals surface area (Å²) >= 11 is 0. The lowest BCUT2D eigenvalue weighted by Gasteiger charge is -2.09. The van der Waals surface area contributed by atoms with Gasteiger partial charge in [0.05, 0.1) is 7.11 Å². The van der Waals surface area contributed by atoms with Crippen LogP contribution in [-0.2, 0) is 4.79 Å². The summed E-state index contributed by atoms with van der Waals surface area (Å²) in [6.45, 7) is 3.38. The number of rotatable bonds is 7. The minimum absolute atomic E-state index is 0.0631. The van der Waals surface area contributed by atoms with E-state index in [0.717, 1.165) is 6.54 Å². The van der Waals surface area contributed by atoms with Crippen LogP contribution in [0.3, 0.4) is 0 Å². The molecule has 0 spiro atoms. The number of ether oxygens (including phenoxy) is 1. The number of benzene rings is 1.